The average Bonchev–Trinajstić information content (AvgIpc) is 2.08. The van der Waals surface area contributed by atoms with Crippen LogP contribution in [0.3, 0.4) is 0 Å². The SMILES string of the molecule is COc1ccc2c(c1)[C@H](C#N)C2. The zero-order chi connectivity index (χ0) is 8.55. The molecule has 1 aliphatic rings. The fourth-order valence-electron chi connectivity index (χ4n) is 1.52. The molecule has 0 N–H and O–H groups in total. The van der Waals surface area contributed by atoms with Gasteiger partial charge in [-0.1, -0.05) is 6.07 Å². The third-order valence-corrected chi connectivity index (χ3v) is 2.31. The lowest BCUT2D eigenvalue weighted by molar-refractivity contribution is 0.413. The van der Waals surface area contributed by atoms with Crippen molar-refractivity contribution in [2.45, 2.75) is 12.3 Å². The second-order valence-electron chi connectivity index (χ2n) is 2.95. The molecule has 0 aromatic heterocycles. The maximum atomic E-state index is 8.71. The molecule has 0 heterocycles. The topological polar surface area (TPSA) is 33.0 Å². The molecule has 0 saturated heterocycles. The molecule has 2 rings (SSSR count). The Bertz CT molecular complexity index is 351. The summed E-state index contributed by atoms with van der Waals surface area (Å²) in [4.78, 5) is 0. The van der Waals surface area contributed by atoms with Crippen molar-refractivity contribution < 1.29 is 4.74 Å². The summed E-state index contributed by atoms with van der Waals surface area (Å²) < 4.78 is 5.07. The van der Waals surface area contributed by atoms with E-state index in [0.717, 1.165) is 17.7 Å². The van der Waals surface area contributed by atoms with Crippen LogP contribution in [-0.4, -0.2) is 7.11 Å². The summed E-state index contributed by atoms with van der Waals surface area (Å²) in [6.45, 7) is 0. The van der Waals surface area contributed by atoms with Crippen LogP contribution in [0.15, 0.2) is 18.2 Å². The number of methoxy groups -OCH3 is 1. The quantitative estimate of drug-likeness (QED) is 0.626. The third kappa shape index (κ3) is 0.868. The summed E-state index contributed by atoms with van der Waals surface area (Å²) >= 11 is 0. The molecule has 60 valence electrons. The predicted molar refractivity (Wildman–Crippen MR) is 45.1 cm³/mol. The van der Waals surface area contributed by atoms with E-state index >= 15 is 0 Å². The van der Waals surface area contributed by atoms with Gasteiger partial charge in [0.1, 0.15) is 5.75 Å². The normalized spacial score (nSPS) is 18.8. The number of hydrogen-bond donors (Lipinski definition) is 0. The van der Waals surface area contributed by atoms with Gasteiger partial charge in [-0.15, -0.1) is 0 Å². The van der Waals surface area contributed by atoms with Crippen LogP contribution in [0.2, 0.25) is 0 Å². The summed E-state index contributed by atoms with van der Waals surface area (Å²) in [5, 5.41) is 8.71. The lowest BCUT2D eigenvalue weighted by Gasteiger charge is -2.24. The fraction of sp³-hybridized carbons (Fsp3) is 0.300. The van der Waals surface area contributed by atoms with Gasteiger partial charge in [0.25, 0.3) is 0 Å². The number of rotatable bonds is 1. The molecule has 0 radical (unpaired) electrons. The minimum Gasteiger partial charge on any atom is -0.497 e. The van der Waals surface area contributed by atoms with Crippen molar-refractivity contribution in [2.75, 3.05) is 7.11 Å². The monoisotopic (exact) mass is 159 g/mol. The molecule has 0 bridgehead atoms. The smallest absolute Gasteiger partial charge is 0.119 e. The molecular formula is C10H9NO. The van der Waals surface area contributed by atoms with E-state index in [4.69, 9.17) is 10.00 Å². The van der Waals surface area contributed by atoms with Crippen LogP contribution in [0.1, 0.15) is 17.0 Å². The summed E-state index contributed by atoms with van der Waals surface area (Å²) in [7, 11) is 1.64. The molecule has 0 saturated carbocycles. The van der Waals surface area contributed by atoms with Crippen molar-refractivity contribution in [1.82, 2.24) is 0 Å². The number of benzene rings is 1. The van der Waals surface area contributed by atoms with E-state index in [1.165, 1.54) is 5.56 Å². The Morgan fingerprint density at radius 1 is 1.58 bits per heavy atom. The van der Waals surface area contributed by atoms with Crippen LogP contribution in [0.25, 0.3) is 0 Å². The second kappa shape index (κ2) is 2.53. The molecular weight excluding hydrogens is 150 g/mol. The van der Waals surface area contributed by atoms with Gasteiger partial charge in [0, 0.05) is 0 Å². The number of nitrogens with zero attached hydrogens (tertiary/aromatic N) is 1. The number of nitriles is 1. The molecule has 1 atom stereocenters. The molecule has 0 unspecified atom stereocenters. The molecule has 0 spiro atoms. The molecule has 0 aliphatic heterocycles. The zero-order valence-corrected chi connectivity index (χ0v) is 6.87. The van der Waals surface area contributed by atoms with Crippen molar-refractivity contribution in [3.8, 4) is 11.8 Å². The van der Waals surface area contributed by atoms with Crippen molar-refractivity contribution >= 4 is 0 Å². The Labute approximate surface area is 71.4 Å². The Morgan fingerprint density at radius 3 is 3.08 bits per heavy atom. The summed E-state index contributed by atoms with van der Waals surface area (Å²) in [6.07, 6.45) is 0.899. The number of ether oxygens (including phenoxy) is 1. The van der Waals surface area contributed by atoms with Crippen molar-refractivity contribution in [1.29, 1.82) is 5.26 Å². The van der Waals surface area contributed by atoms with E-state index in [9.17, 15) is 0 Å². The van der Waals surface area contributed by atoms with Gasteiger partial charge in [-0.2, -0.15) is 5.26 Å². The van der Waals surface area contributed by atoms with E-state index in [-0.39, 0.29) is 5.92 Å². The standard InChI is InChI=1S/C10H9NO/c1-12-9-3-2-7-4-8(6-11)10(7)5-9/h2-3,5,8H,4H2,1H3/t8-/m0/s1. The molecule has 0 amide bonds. The van der Waals surface area contributed by atoms with Gasteiger partial charge in [0.2, 0.25) is 0 Å². The van der Waals surface area contributed by atoms with Crippen LogP contribution in [0, 0.1) is 11.3 Å². The minimum absolute atomic E-state index is 0.0927. The molecule has 0 fully saturated rings. The Morgan fingerprint density at radius 2 is 2.42 bits per heavy atom. The Hall–Kier alpha value is -1.49. The summed E-state index contributed by atoms with van der Waals surface area (Å²) in [6, 6.07) is 8.17. The minimum atomic E-state index is 0.0927. The molecule has 2 heteroatoms. The van der Waals surface area contributed by atoms with E-state index in [1.807, 2.05) is 18.2 Å². The second-order valence-corrected chi connectivity index (χ2v) is 2.95. The maximum absolute atomic E-state index is 8.71. The highest BCUT2D eigenvalue weighted by atomic mass is 16.5. The van der Waals surface area contributed by atoms with Crippen LogP contribution >= 0.6 is 0 Å². The molecule has 1 aliphatic carbocycles. The molecule has 1 aromatic rings. The largest absolute Gasteiger partial charge is 0.497 e. The number of fused-ring (bicyclic) bond motifs is 1. The van der Waals surface area contributed by atoms with Crippen LogP contribution < -0.4 is 4.74 Å². The zero-order valence-electron chi connectivity index (χ0n) is 6.87. The van der Waals surface area contributed by atoms with Crippen LogP contribution in [0.5, 0.6) is 5.75 Å². The van der Waals surface area contributed by atoms with Crippen molar-refractivity contribution in [3.63, 3.8) is 0 Å². The predicted octanol–water partition coefficient (Wildman–Crippen LogP) is 1.86. The van der Waals surface area contributed by atoms with Crippen LogP contribution in [0.4, 0.5) is 0 Å². The van der Waals surface area contributed by atoms with Gasteiger partial charge in [-0.25, -0.2) is 0 Å². The first-order chi connectivity index (χ1) is 5.85. The Kier molecular flexibility index (Phi) is 1.51. The van der Waals surface area contributed by atoms with Gasteiger partial charge in [-0.05, 0) is 29.7 Å². The molecule has 2 nitrogen and oxygen atoms in total. The van der Waals surface area contributed by atoms with Gasteiger partial charge in [-0.3, -0.25) is 0 Å². The van der Waals surface area contributed by atoms with Gasteiger partial charge in [0.15, 0.2) is 0 Å². The summed E-state index contributed by atoms with van der Waals surface area (Å²) in [5.41, 5.74) is 2.42. The average molecular weight is 159 g/mol. The van der Waals surface area contributed by atoms with E-state index < -0.39 is 0 Å². The molecule has 12 heavy (non-hydrogen) atoms. The van der Waals surface area contributed by atoms with Crippen molar-refractivity contribution in [2.24, 2.45) is 0 Å². The van der Waals surface area contributed by atoms with Gasteiger partial charge < -0.3 is 4.74 Å². The fourth-order valence-corrected chi connectivity index (χ4v) is 1.52. The van der Waals surface area contributed by atoms with Crippen molar-refractivity contribution in [3.05, 3.63) is 29.3 Å². The van der Waals surface area contributed by atoms with Gasteiger partial charge in [0.05, 0.1) is 19.1 Å². The summed E-state index contributed by atoms with van der Waals surface area (Å²) in [5.74, 6) is 0.934. The van der Waals surface area contributed by atoms with Gasteiger partial charge >= 0.3 is 0 Å². The van der Waals surface area contributed by atoms with E-state index in [0.29, 0.717) is 0 Å². The molecule has 1 aromatic carbocycles. The van der Waals surface area contributed by atoms with E-state index in [1.54, 1.807) is 7.11 Å². The first-order valence-electron chi connectivity index (χ1n) is 3.91. The third-order valence-electron chi connectivity index (χ3n) is 2.31. The lowest BCUT2D eigenvalue weighted by atomic mass is 9.78. The first-order valence-corrected chi connectivity index (χ1v) is 3.91. The first kappa shape index (κ1) is 7.17. The highest BCUT2D eigenvalue weighted by Gasteiger charge is 2.25. The Balaban J connectivity index is 2.39. The number of hydrogen-bond acceptors (Lipinski definition) is 2. The highest BCUT2D eigenvalue weighted by Crippen LogP contribution is 2.36. The lowest BCUT2D eigenvalue weighted by Crippen LogP contribution is -2.14. The van der Waals surface area contributed by atoms with E-state index in [2.05, 4.69) is 6.07 Å². The highest BCUT2D eigenvalue weighted by molar-refractivity contribution is 5.47. The maximum Gasteiger partial charge on any atom is 0.119 e. The van der Waals surface area contributed by atoms with Crippen LogP contribution in [-0.2, 0) is 6.42 Å².